The number of urea groups is 1. The van der Waals surface area contributed by atoms with E-state index in [4.69, 9.17) is 16.7 Å². The summed E-state index contributed by atoms with van der Waals surface area (Å²) in [7, 11) is 0. The van der Waals surface area contributed by atoms with Gasteiger partial charge in [-0.2, -0.15) is 0 Å². The molecule has 0 aliphatic heterocycles. The Bertz CT molecular complexity index is 544. The van der Waals surface area contributed by atoms with E-state index >= 15 is 0 Å². The molecule has 1 fully saturated rings. The minimum atomic E-state index is -0.844. The molecule has 0 atom stereocenters. The van der Waals surface area contributed by atoms with Crippen molar-refractivity contribution in [2.45, 2.75) is 51.1 Å². The van der Waals surface area contributed by atoms with Crippen LogP contribution in [0.15, 0.2) is 24.3 Å². The Labute approximate surface area is 141 Å². The Kier molecular flexibility index (Phi) is 6.71. The van der Waals surface area contributed by atoms with Crippen LogP contribution < -0.4 is 5.32 Å². The number of halogens is 1. The van der Waals surface area contributed by atoms with Gasteiger partial charge in [0.15, 0.2) is 0 Å². The van der Waals surface area contributed by atoms with Gasteiger partial charge in [0, 0.05) is 30.6 Å². The second-order valence-corrected chi connectivity index (χ2v) is 6.29. The van der Waals surface area contributed by atoms with E-state index in [9.17, 15) is 9.59 Å². The molecule has 5 nitrogen and oxygen atoms in total. The maximum Gasteiger partial charge on any atom is 0.317 e. The zero-order valence-corrected chi connectivity index (χ0v) is 13.9. The highest BCUT2D eigenvalue weighted by Gasteiger charge is 2.27. The van der Waals surface area contributed by atoms with Crippen molar-refractivity contribution in [3.8, 4) is 0 Å². The van der Waals surface area contributed by atoms with Gasteiger partial charge in [-0.15, -0.1) is 0 Å². The lowest BCUT2D eigenvalue weighted by molar-refractivity contribution is -0.137. The minimum absolute atomic E-state index is 0.0637. The Morgan fingerprint density at radius 1 is 1.26 bits per heavy atom. The van der Waals surface area contributed by atoms with Crippen LogP contribution in [-0.2, 0) is 11.3 Å². The number of carbonyl (C=O) groups excluding carboxylic acids is 1. The molecule has 0 heterocycles. The molecule has 6 heteroatoms. The third-order valence-corrected chi connectivity index (χ3v) is 4.54. The highest BCUT2D eigenvalue weighted by Crippen LogP contribution is 2.26. The van der Waals surface area contributed by atoms with Gasteiger partial charge in [-0.05, 0) is 30.9 Å². The van der Waals surface area contributed by atoms with Gasteiger partial charge >= 0.3 is 12.0 Å². The fraction of sp³-hybridized carbons (Fsp3) is 0.529. The van der Waals surface area contributed by atoms with Gasteiger partial charge in [-0.3, -0.25) is 4.79 Å². The highest BCUT2D eigenvalue weighted by molar-refractivity contribution is 6.31. The van der Waals surface area contributed by atoms with E-state index in [1.807, 2.05) is 29.2 Å². The van der Waals surface area contributed by atoms with Gasteiger partial charge in [0.1, 0.15) is 0 Å². The summed E-state index contributed by atoms with van der Waals surface area (Å²) in [4.78, 5) is 24.9. The van der Waals surface area contributed by atoms with E-state index in [1.54, 1.807) is 0 Å². The molecule has 0 bridgehead atoms. The normalized spacial score (nSPS) is 14.7. The molecular weight excluding hydrogens is 316 g/mol. The first-order valence-corrected chi connectivity index (χ1v) is 8.45. The predicted molar refractivity (Wildman–Crippen MR) is 89.5 cm³/mol. The topological polar surface area (TPSA) is 69.6 Å². The van der Waals surface area contributed by atoms with Crippen LogP contribution in [0.4, 0.5) is 4.79 Å². The second kappa shape index (κ2) is 8.77. The number of hydrogen-bond acceptors (Lipinski definition) is 2. The summed E-state index contributed by atoms with van der Waals surface area (Å²) in [6, 6.07) is 7.64. The first kappa shape index (κ1) is 17.6. The van der Waals surface area contributed by atoms with Crippen LogP contribution in [0.5, 0.6) is 0 Å². The molecule has 2 amide bonds. The Hall–Kier alpha value is -1.75. The monoisotopic (exact) mass is 338 g/mol. The molecule has 23 heavy (non-hydrogen) atoms. The van der Waals surface area contributed by atoms with Crippen LogP contribution in [-0.4, -0.2) is 34.6 Å². The first-order chi connectivity index (χ1) is 11.1. The van der Waals surface area contributed by atoms with Crippen LogP contribution in [0.2, 0.25) is 5.02 Å². The average molecular weight is 339 g/mol. The number of hydrogen-bond donors (Lipinski definition) is 2. The van der Waals surface area contributed by atoms with Gasteiger partial charge in [-0.1, -0.05) is 42.6 Å². The predicted octanol–water partition coefficient (Wildman–Crippen LogP) is 3.66. The molecule has 1 saturated carbocycles. The fourth-order valence-electron chi connectivity index (χ4n) is 2.93. The second-order valence-electron chi connectivity index (χ2n) is 5.89. The molecule has 1 aliphatic rings. The lowest BCUT2D eigenvalue weighted by atomic mass is 10.1. The van der Waals surface area contributed by atoms with Crippen molar-refractivity contribution in [3.63, 3.8) is 0 Å². The van der Waals surface area contributed by atoms with Crippen molar-refractivity contribution in [1.82, 2.24) is 10.2 Å². The smallest absolute Gasteiger partial charge is 0.317 e. The number of nitrogens with one attached hydrogen (secondary N) is 1. The summed E-state index contributed by atoms with van der Waals surface area (Å²) in [5.74, 6) is -0.844. The molecule has 1 aliphatic carbocycles. The summed E-state index contributed by atoms with van der Waals surface area (Å²) in [6.07, 6.45) is 4.78. The van der Waals surface area contributed by atoms with E-state index in [0.717, 1.165) is 31.2 Å². The molecule has 1 aromatic carbocycles. The zero-order valence-electron chi connectivity index (χ0n) is 13.1. The Morgan fingerprint density at radius 3 is 2.61 bits per heavy atom. The molecule has 1 aromatic rings. The first-order valence-electron chi connectivity index (χ1n) is 8.07. The third kappa shape index (κ3) is 5.43. The summed E-state index contributed by atoms with van der Waals surface area (Å²) >= 11 is 6.22. The van der Waals surface area contributed by atoms with Crippen molar-refractivity contribution in [1.29, 1.82) is 0 Å². The van der Waals surface area contributed by atoms with Gasteiger partial charge in [0.05, 0.1) is 0 Å². The molecule has 0 aromatic heterocycles. The van der Waals surface area contributed by atoms with Crippen molar-refractivity contribution in [3.05, 3.63) is 34.9 Å². The number of amides is 2. The Morgan fingerprint density at radius 2 is 1.96 bits per heavy atom. The van der Waals surface area contributed by atoms with Gasteiger partial charge in [0.2, 0.25) is 0 Å². The number of carbonyl (C=O) groups is 2. The highest BCUT2D eigenvalue weighted by atomic mass is 35.5. The number of nitrogens with zero attached hydrogens (tertiary/aromatic N) is 1. The molecule has 2 N–H and O–H groups in total. The van der Waals surface area contributed by atoms with Crippen LogP contribution >= 0.6 is 11.6 Å². The molecule has 0 unspecified atom stereocenters. The van der Waals surface area contributed by atoms with E-state index in [-0.39, 0.29) is 18.5 Å². The van der Waals surface area contributed by atoms with Crippen molar-refractivity contribution in [2.75, 3.05) is 6.54 Å². The lowest BCUT2D eigenvalue weighted by Crippen LogP contribution is -2.45. The molecule has 0 saturated heterocycles. The number of aliphatic carboxylic acids is 1. The van der Waals surface area contributed by atoms with Crippen molar-refractivity contribution >= 4 is 23.6 Å². The summed E-state index contributed by atoms with van der Waals surface area (Å²) in [5, 5.41) is 12.1. The van der Waals surface area contributed by atoms with Crippen molar-refractivity contribution < 1.29 is 14.7 Å². The number of rotatable bonds is 7. The SMILES string of the molecule is O=C(O)CCCNC(=O)N(Cc1ccccc1Cl)C1CCCC1. The van der Waals surface area contributed by atoms with E-state index in [1.165, 1.54) is 0 Å². The molecular formula is C17H23ClN2O3. The summed E-state index contributed by atoms with van der Waals surface area (Å²) in [6.45, 7) is 0.853. The molecule has 2 rings (SSSR count). The Balaban J connectivity index is 1.97. The van der Waals surface area contributed by atoms with E-state index < -0.39 is 5.97 Å². The fourth-order valence-corrected chi connectivity index (χ4v) is 3.12. The standard InChI is InChI=1S/C17H23ClN2O3/c18-15-9-4-1-6-13(15)12-20(14-7-2-3-8-14)17(23)19-11-5-10-16(21)22/h1,4,6,9,14H,2-3,5,7-8,10-12H2,(H,19,23)(H,21,22). The number of benzene rings is 1. The van der Waals surface area contributed by atoms with Crippen molar-refractivity contribution in [2.24, 2.45) is 0 Å². The maximum absolute atomic E-state index is 12.5. The number of carboxylic acids is 1. The van der Waals surface area contributed by atoms with E-state index in [0.29, 0.717) is 24.5 Å². The lowest BCUT2D eigenvalue weighted by Gasteiger charge is -2.29. The van der Waals surface area contributed by atoms with Crippen LogP contribution in [0.3, 0.4) is 0 Å². The third-order valence-electron chi connectivity index (χ3n) is 4.17. The van der Waals surface area contributed by atoms with Crippen LogP contribution in [0.25, 0.3) is 0 Å². The maximum atomic E-state index is 12.5. The zero-order chi connectivity index (χ0) is 16.7. The molecule has 126 valence electrons. The number of carboxylic acid groups (broad SMARTS) is 1. The minimum Gasteiger partial charge on any atom is -0.481 e. The van der Waals surface area contributed by atoms with Gasteiger partial charge in [0.25, 0.3) is 0 Å². The molecule has 0 spiro atoms. The summed E-state index contributed by atoms with van der Waals surface area (Å²) in [5.41, 5.74) is 0.932. The van der Waals surface area contributed by atoms with Crippen LogP contribution in [0, 0.1) is 0 Å². The van der Waals surface area contributed by atoms with Gasteiger partial charge in [-0.25, -0.2) is 4.79 Å². The van der Waals surface area contributed by atoms with E-state index in [2.05, 4.69) is 5.32 Å². The van der Waals surface area contributed by atoms with Gasteiger partial charge < -0.3 is 15.3 Å². The average Bonchev–Trinajstić information content (AvgIpc) is 3.04. The summed E-state index contributed by atoms with van der Waals surface area (Å²) < 4.78 is 0. The van der Waals surface area contributed by atoms with Crippen LogP contribution in [0.1, 0.15) is 44.1 Å². The quantitative estimate of drug-likeness (QED) is 0.745. The molecule has 0 radical (unpaired) electrons. The largest absolute Gasteiger partial charge is 0.481 e.